The lowest BCUT2D eigenvalue weighted by Gasteiger charge is -2.12. The summed E-state index contributed by atoms with van der Waals surface area (Å²) in [6.45, 7) is 0.712. The zero-order valence-corrected chi connectivity index (χ0v) is 10.1. The van der Waals surface area contributed by atoms with Crippen LogP contribution in [-0.2, 0) is 11.2 Å². The van der Waals surface area contributed by atoms with E-state index in [0.717, 1.165) is 18.4 Å². The van der Waals surface area contributed by atoms with Gasteiger partial charge in [-0.2, -0.15) is 0 Å². The maximum absolute atomic E-state index is 6.08. The summed E-state index contributed by atoms with van der Waals surface area (Å²) in [5.41, 5.74) is 8.38. The highest BCUT2D eigenvalue weighted by molar-refractivity contribution is 5.81. The van der Waals surface area contributed by atoms with Gasteiger partial charge in [0.1, 0.15) is 0 Å². The first kappa shape index (κ1) is 12.0. The van der Waals surface area contributed by atoms with Crippen LogP contribution < -0.4 is 5.73 Å². The van der Waals surface area contributed by atoms with Crippen molar-refractivity contribution in [1.29, 1.82) is 0 Å². The van der Waals surface area contributed by atoms with Gasteiger partial charge in [-0.05, 0) is 30.5 Å². The van der Waals surface area contributed by atoms with Crippen LogP contribution in [0.1, 0.15) is 12.0 Å². The molecule has 1 unspecified atom stereocenters. The SMILES string of the molecule is COCCC(N)Cc1ccnc2ccccc12. The molecule has 0 amide bonds. The van der Waals surface area contributed by atoms with Gasteiger partial charge in [0, 0.05) is 31.3 Å². The van der Waals surface area contributed by atoms with E-state index in [0.29, 0.717) is 6.61 Å². The summed E-state index contributed by atoms with van der Waals surface area (Å²) >= 11 is 0. The van der Waals surface area contributed by atoms with Crippen molar-refractivity contribution in [3.8, 4) is 0 Å². The van der Waals surface area contributed by atoms with Crippen LogP contribution in [0.3, 0.4) is 0 Å². The van der Waals surface area contributed by atoms with Crippen LogP contribution in [0.4, 0.5) is 0 Å². The van der Waals surface area contributed by atoms with Crippen molar-refractivity contribution in [2.24, 2.45) is 5.73 Å². The first-order valence-electron chi connectivity index (χ1n) is 5.88. The van der Waals surface area contributed by atoms with E-state index in [1.54, 1.807) is 7.11 Å². The Bertz CT molecular complexity index is 479. The second kappa shape index (κ2) is 5.75. The molecule has 0 aliphatic rings. The molecule has 1 aromatic heterocycles. The highest BCUT2D eigenvalue weighted by Gasteiger charge is 2.07. The Kier molecular flexibility index (Phi) is 4.07. The number of hydrogen-bond donors (Lipinski definition) is 1. The molecule has 0 saturated heterocycles. The minimum Gasteiger partial charge on any atom is -0.385 e. The maximum Gasteiger partial charge on any atom is 0.0704 e. The first-order valence-corrected chi connectivity index (χ1v) is 5.88. The van der Waals surface area contributed by atoms with E-state index in [4.69, 9.17) is 10.5 Å². The molecule has 3 heteroatoms. The lowest BCUT2D eigenvalue weighted by Crippen LogP contribution is -2.24. The second-order valence-corrected chi connectivity index (χ2v) is 4.23. The molecule has 3 nitrogen and oxygen atoms in total. The number of fused-ring (bicyclic) bond motifs is 1. The number of hydrogen-bond acceptors (Lipinski definition) is 3. The van der Waals surface area contributed by atoms with Crippen molar-refractivity contribution in [1.82, 2.24) is 4.98 Å². The normalized spacial score (nSPS) is 12.8. The fourth-order valence-electron chi connectivity index (χ4n) is 1.99. The summed E-state index contributed by atoms with van der Waals surface area (Å²) in [6, 6.07) is 10.4. The molecule has 1 atom stereocenters. The fourth-order valence-corrected chi connectivity index (χ4v) is 1.99. The van der Waals surface area contributed by atoms with E-state index in [-0.39, 0.29) is 6.04 Å². The smallest absolute Gasteiger partial charge is 0.0704 e. The Balaban J connectivity index is 2.18. The number of para-hydroxylation sites is 1. The summed E-state index contributed by atoms with van der Waals surface area (Å²) in [4.78, 5) is 4.35. The van der Waals surface area contributed by atoms with Crippen LogP contribution in [0.15, 0.2) is 36.5 Å². The molecule has 1 heterocycles. The van der Waals surface area contributed by atoms with E-state index >= 15 is 0 Å². The average molecular weight is 230 g/mol. The van der Waals surface area contributed by atoms with E-state index in [2.05, 4.69) is 17.1 Å². The fraction of sp³-hybridized carbons (Fsp3) is 0.357. The quantitative estimate of drug-likeness (QED) is 0.856. The molecule has 0 aliphatic carbocycles. The molecule has 1 aromatic carbocycles. The van der Waals surface area contributed by atoms with Gasteiger partial charge < -0.3 is 10.5 Å². The third kappa shape index (κ3) is 3.02. The van der Waals surface area contributed by atoms with Crippen LogP contribution >= 0.6 is 0 Å². The van der Waals surface area contributed by atoms with Gasteiger partial charge in [0.25, 0.3) is 0 Å². The number of aromatic nitrogens is 1. The molecule has 0 aliphatic heterocycles. The Hall–Kier alpha value is -1.45. The van der Waals surface area contributed by atoms with Crippen molar-refractivity contribution in [3.63, 3.8) is 0 Å². The molecule has 2 N–H and O–H groups in total. The van der Waals surface area contributed by atoms with Crippen molar-refractivity contribution in [2.75, 3.05) is 13.7 Å². The molecule has 0 fully saturated rings. The lowest BCUT2D eigenvalue weighted by atomic mass is 10.0. The summed E-state index contributed by atoms with van der Waals surface area (Å²) in [6.07, 6.45) is 3.60. The number of rotatable bonds is 5. The van der Waals surface area contributed by atoms with Gasteiger partial charge in [-0.3, -0.25) is 4.98 Å². The van der Waals surface area contributed by atoms with Crippen molar-refractivity contribution in [2.45, 2.75) is 18.9 Å². The molecule has 0 spiro atoms. The third-order valence-corrected chi connectivity index (χ3v) is 2.91. The number of benzene rings is 1. The standard InChI is InChI=1S/C14H18N2O/c1-17-9-7-12(15)10-11-6-8-16-14-5-3-2-4-13(11)14/h2-6,8,12H,7,9-10,15H2,1H3. The highest BCUT2D eigenvalue weighted by Crippen LogP contribution is 2.17. The minimum atomic E-state index is 0.140. The molecule has 90 valence electrons. The third-order valence-electron chi connectivity index (χ3n) is 2.91. The van der Waals surface area contributed by atoms with Gasteiger partial charge in [-0.15, -0.1) is 0 Å². The summed E-state index contributed by atoms with van der Waals surface area (Å²) in [7, 11) is 1.70. The Morgan fingerprint density at radius 3 is 2.94 bits per heavy atom. The van der Waals surface area contributed by atoms with Crippen LogP contribution in [0.5, 0.6) is 0 Å². The number of pyridine rings is 1. The predicted molar refractivity (Wildman–Crippen MR) is 69.9 cm³/mol. The molecular weight excluding hydrogens is 212 g/mol. The molecule has 2 aromatic rings. The van der Waals surface area contributed by atoms with Crippen molar-refractivity contribution >= 4 is 10.9 Å². The lowest BCUT2D eigenvalue weighted by molar-refractivity contribution is 0.188. The monoisotopic (exact) mass is 230 g/mol. The molecule has 0 bridgehead atoms. The molecular formula is C14H18N2O. The molecule has 17 heavy (non-hydrogen) atoms. The number of ether oxygens (including phenoxy) is 1. The van der Waals surface area contributed by atoms with Crippen LogP contribution in [0.2, 0.25) is 0 Å². The largest absolute Gasteiger partial charge is 0.385 e. The van der Waals surface area contributed by atoms with E-state index in [1.807, 2.05) is 24.4 Å². The van der Waals surface area contributed by atoms with E-state index in [1.165, 1.54) is 10.9 Å². The zero-order valence-electron chi connectivity index (χ0n) is 10.1. The van der Waals surface area contributed by atoms with Crippen LogP contribution in [-0.4, -0.2) is 24.7 Å². The van der Waals surface area contributed by atoms with E-state index < -0.39 is 0 Å². The Morgan fingerprint density at radius 1 is 1.29 bits per heavy atom. The number of nitrogens with two attached hydrogens (primary N) is 1. The van der Waals surface area contributed by atoms with Gasteiger partial charge >= 0.3 is 0 Å². The summed E-state index contributed by atoms with van der Waals surface area (Å²) < 4.78 is 5.05. The number of methoxy groups -OCH3 is 1. The van der Waals surface area contributed by atoms with Crippen molar-refractivity contribution in [3.05, 3.63) is 42.1 Å². The molecule has 2 rings (SSSR count). The van der Waals surface area contributed by atoms with Gasteiger partial charge in [0.05, 0.1) is 5.52 Å². The molecule has 0 saturated carbocycles. The Morgan fingerprint density at radius 2 is 2.12 bits per heavy atom. The highest BCUT2D eigenvalue weighted by atomic mass is 16.5. The van der Waals surface area contributed by atoms with Crippen molar-refractivity contribution < 1.29 is 4.74 Å². The summed E-state index contributed by atoms with van der Waals surface area (Å²) in [5.74, 6) is 0. The van der Waals surface area contributed by atoms with Gasteiger partial charge in [0.15, 0.2) is 0 Å². The summed E-state index contributed by atoms with van der Waals surface area (Å²) in [5, 5.41) is 1.20. The zero-order chi connectivity index (χ0) is 12.1. The minimum absolute atomic E-state index is 0.140. The predicted octanol–water partition coefficient (Wildman–Crippen LogP) is 2.14. The van der Waals surface area contributed by atoms with Gasteiger partial charge in [-0.25, -0.2) is 0 Å². The maximum atomic E-state index is 6.08. The topological polar surface area (TPSA) is 48.1 Å². The molecule has 0 radical (unpaired) electrons. The Labute approximate surface area is 102 Å². The van der Waals surface area contributed by atoms with Gasteiger partial charge in [-0.1, -0.05) is 18.2 Å². The van der Waals surface area contributed by atoms with Crippen LogP contribution in [0.25, 0.3) is 10.9 Å². The van der Waals surface area contributed by atoms with Gasteiger partial charge in [0.2, 0.25) is 0 Å². The number of nitrogens with zero attached hydrogens (tertiary/aromatic N) is 1. The second-order valence-electron chi connectivity index (χ2n) is 4.23. The van der Waals surface area contributed by atoms with Crippen LogP contribution in [0, 0.1) is 0 Å². The first-order chi connectivity index (χ1) is 8.31. The van der Waals surface area contributed by atoms with E-state index in [9.17, 15) is 0 Å². The average Bonchev–Trinajstić information content (AvgIpc) is 2.37.